The van der Waals surface area contributed by atoms with Crippen molar-refractivity contribution in [3.63, 3.8) is 0 Å². The van der Waals surface area contributed by atoms with E-state index >= 15 is 0 Å². The highest BCUT2D eigenvalue weighted by Crippen LogP contribution is 2.34. The molecule has 138 valence electrons. The van der Waals surface area contributed by atoms with Crippen LogP contribution in [0.5, 0.6) is 5.75 Å². The van der Waals surface area contributed by atoms with Crippen molar-refractivity contribution in [3.05, 3.63) is 53.6 Å². The Bertz CT molecular complexity index is 902. The maximum Gasteiger partial charge on any atom is 0.172 e. The third kappa shape index (κ3) is 3.67. The van der Waals surface area contributed by atoms with E-state index in [0.717, 1.165) is 42.0 Å². The number of rotatable bonds is 8. The molecular weight excluding hydrogens is 330 g/mol. The predicted molar refractivity (Wildman–Crippen MR) is 105 cm³/mol. The summed E-state index contributed by atoms with van der Waals surface area (Å²) in [5.41, 5.74) is 0.747. The highest BCUT2D eigenvalue weighted by Gasteiger charge is 2.14. The number of hydrogen-bond donors (Lipinski definition) is 0. The zero-order valence-corrected chi connectivity index (χ0v) is 15.6. The van der Waals surface area contributed by atoms with Crippen molar-refractivity contribution in [3.8, 4) is 5.75 Å². The summed E-state index contributed by atoms with van der Waals surface area (Å²) in [7, 11) is 0. The van der Waals surface area contributed by atoms with E-state index in [1.807, 2.05) is 25.1 Å². The van der Waals surface area contributed by atoms with E-state index in [2.05, 4.69) is 6.92 Å². The maximum absolute atomic E-state index is 14.9. The fraction of sp³-hybridized carbons (Fsp3) is 0.391. The zero-order valence-electron chi connectivity index (χ0n) is 15.6. The molecule has 0 fully saturated rings. The van der Waals surface area contributed by atoms with Gasteiger partial charge in [-0.3, -0.25) is 0 Å². The van der Waals surface area contributed by atoms with Crippen LogP contribution in [-0.4, -0.2) is 6.61 Å². The molecule has 0 saturated carbocycles. The molecule has 0 atom stereocenters. The van der Waals surface area contributed by atoms with Gasteiger partial charge in [0.15, 0.2) is 11.6 Å². The summed E-state index contributed by atoms with van der Waals surface area (Å²) in [4.78, 5) is 0. The molecule has 0 aliphatic carbocycles. The van der Waals surface area contributed by atoms with Gasteiger partial charge in [0.1, 0.15) is 5.82 Å². The van der Waals surface area contributed by atoms with E-state index in [0.29, 0.717) is 17.4 Å². The Labute approximate surface area is 154 Å². The quantitative estimate of drug-likeness (QED) is 0.307. The Morgan fingerprint density at radius 2 is 1.35 bits per heavy atom. The normalized spacial score (nSPS) is 11.4. The summed E-state index contributed by atoms with van der Waals surface area (Å²) >= 11 is 0. The Morgan fingerprint density at radius 3 is 2.04 bits per heavy atom. The summed E-state index contributed by atoms with van der Waals surface area (Å²) in [6.45, 7) is 4.63. The van der Waals surface area contributed by atoms with Gasteiger partial charge in [0, 0.05) is 10.8 Å². The number of hydrogen-bond acceptors (Lipinski definition) is 1. The Kier molecular flexibility index (Phi) is 6.08. The van der Waals surface area contributed by atoms with Crippen molar-refractivity contribution in [2.75, 3.05) is 6.61 Å². The molecule has 0 spiro atoms. The molecule has 0 aliphatic heterocycles. The third-order valence-electron chi connectivity index (χ3n) is 4.87. The molecule has 0 saturated heterocycles. The van der Waals surface area contributed by atoms with Crippen molar-refractivity contribution >= 4 is 21.5 Å². The van der Waals surface area contributed by atoms with E-state index in [4.69, 9.17) is 4.74 Å². The zero-order chi connectivity index (χ0) is 18.5. The molecule has 3 aromatic rings. The molecular formula is C23H26F2O. The minimum atomic E-state index is -0.373. The van der Waals surface area contributed by atoms with Crippen LogP contribution in [0, 0.1) is 11.6 Å². The number of benzene rings is 3. The van der Waals surface area contributed by atoms with Gasteiger partial charge >= 0.3 is 0 Å². The predicted octanol–water partition coefficient (Wildman–Crippen LogP) is 7.18. The number of fused-ring (bicyclic) bond motifs is 3. The van der Waals surface area contributed by atoms with E-state index in [9.17, 15) is 8.78 Å². The molecule has 26 heavy (non-hydrogen) atoms. The fourth-order valence-electron chi connectivity index (χ4n) is 3.43. The van der Waals surface area contributed by atoms with Crippen LogP contribution in [0.4, 0.5) is 8.78 Å². The monoisotopic (exact) mass is 356 g/mol. The molecule has 1 nitrogen and oxygen atoms in total. The summed E-state index contributed by atoms with van der Waals surface area (Å²) in [5.74, 6) is -0.291. The van der Waals surface area contributed by atoms with Crippen molar-refractivity contribution in [2.45, 2.75) is 52.4 Å². The Hall–Kier alpha value is -2.16. The Morgan fingerprint density at radius 1 is 0.692 bits per heavy atom. The lowest BCUT2D eigenvalue weighted by molar-refractivity contribution is 0.302. The van der Waals surface area contributed by atoms with Crippen LogP contribution in [-0.2, 0) is 6.42 Å². The largest absolute Gasteiger partial charge is 0.491 e. The number of unbranched alkanes of at least 4 members (excludes halogenated alkanes) is 3. The fourth-order valence-corrected chi connectivity index (χ4v) is 3.43. The molecule has 0 aliphatic rings. The molecule has 3 rings (SSSR count). The van der Waals surface area contributed by atoms with Gasteiger partial charge in [0.25, 0.3) is 0 Å². The van der Waals surface area contributed by atoms with Crippen LogP contribution in [0.1, 0.15) is 51.5 Å². The average Bonchev–Trinajstić information content (AvgIpc) is 2.66. The summed E-state index contributed by atoms with van der Waals surface area (Å²) in [5, 5.41) is 2.51. The molecule has 0 heterocycles. The summed E-state index contributed by atoms with van der Waals surface area (Å²) in [6, 6.07) is 10.6. The van der Waals surface area contributed by atoms with Crippen LogP contribution < -0.4 is 4.74 Å². The smallest absolute Gasteiger partial charge is 0.172 e. The van der Waals surface area contributed by atoms with E-state index < -0.39 is 0 Å². The van der Waals surface area contributed by atoms with Crippen molar-refractivity contribution in [1.82, 2.24) is 0 Å². The molecule has 0 N–H and O–H groups in total. The van der Waals surface area contributed by atoms with Gasteiger partial charge in [0.2, 0.25) is 0 Å². The van der Waals surface area contributed by atoms with Crippen molar-refractivity contribution in [2.24, 2.45) is 0 Å². The second-order valence-corrected chi connectivity index (χ2v) is 6.83. The lowest BCUT2D eigenvalue weighted by Gasteiger charge is -2.12. The topological polar surface area (TPSA) is 9.23 Å². The minimum absolute atomic E-state index is 0.174. The van der Waals surface area contributed by atoms with Crippen molar-refractivity contribution < 1.29 is 13.5 Å². The molecule has 0 bridgehead atoms. The molecule has 0 radical (unpaired) electrons. The highest BCUT2D eigenvalue weighted by atomic mass is 19.1. The van der Waals surface area contributed by atoms with E-state index in [1.54, 1.807) is 18.2 Å². The lowest BCUT2D eigenvalue weighted by atomic mass is 9.97. The van der Waals surface area contributed by atoms with Gasteiger partial charge in [-0.1, -0.05) is 57.4 Å². The van der Waals surface area contributed by atoms with Gasteiger partial charge in [-0.05, 0) is 47.7 Å². The van der Waals surface area contributed by atoms with Crippen molar-refractivity contribution in [1.29, 1.82) is 0 Å². The lowest BCUT2D eigenvalue weighted by Crippen LogP contribution is -1.98. The highest BCUT2D eigenvalue weighted by molar-refractivity contribution is 6.08. The van der Waals surface area contributed by atoms with Crippen LogP contribution in [0.3, 0.4) is 0 Å². The minimum Gasteiger partial charge on any atom is -0.491 e. The SMILES string of the molecule is CCCCCCc1ccc2c(ccc3c(F)c(OCCC)ccc32)c1F. The first-order chi connectivity index (χ1) is 12.7. The first-order valence-corrected chi connectivity index (χ1v) is 9.62. The van der Waals surface area contributed by atoms with Gasteiger partial charge in [-0.25, -0.2) is 8.78 Å². The first-order valence-electron chi connectivity index (χ1n) is 9.62. The van der Waals surface area contributed by atoms with Gasteiger partial charge in [0.05, 0.1) is 6.61 Å². The molecule has 0 aromatic heterocycles. The van der Waals surface area contributed by atoms with E-state index in [-0.39, 0.29) is 17.4 Å². The second-order valence-electron chi connectivity index (χ2n) is 6.83. The summed E-state index contributed by atoms with van der Waals surface area (Å²) in [6.07, 6.45) is 6.04. The van der Waals surface area contributed by atoms with Crippen LogP contribution in [0.25, 0.3) is 21.5 Å². The molecule has 0 unspecified atom stereocenters. The first kappa shape index (κ1) is 18.6. The van der Waals surface area contributed by atoms with E-state index in [1.165, 1.54) is 12.8 Å². The average molecular weight is 356 g/mol. The number of halogens is 2. The second kappa shape index (κ2) is 8.48. The van der Waals surface area contributed by atoms with Gasteiger partial charge < -0.3 is 4.74 Å². The Balaban J connectivity index is 1.99. The number of aryl methyl sites for hydroxylation is 1. The van der Waals surface area contributed by atoms with Gasteiger partial charge in [-0.15, -0.1) is 0 Å². The van der Waals surface area contributed by atoms with Gasteiger partial charge in [-0.2, -0.15) is 0 Å². The standard InChI is InChI=1S/C23H26F2O/c1-3-5-6-7-8-16-9-10-17-18-13-14-21(26-15-4-2)23(25)20(18)12-11-19(17)22(16)24/h9-14H,3-8,15H2,1-2H3. The molecule has 3 aromatic carbocycles. The van der Waals surface area contributed by atoms with Crippen LogP contribution >= 0.6 is 0 Å². The molecule has 0 amide bonds. The van der Waals surface area contributed by atoms with Crippen LogP contribution in [0.2, 0.25) is 0 Å². The molecule has 3 heteroatoms. The maximum atomic E-state index is 14.9. The summed E-state index contributed by atoms with van der Waals surface area (Å²) < 4.78 is 35.1. The number of ether oxygens (including phenoxy) is 1. The third-order valence-corrected chi connectivity index (χ3v) is 4.87. The van der Waals surface area contributed by atoms with Crippen LogP contribution in [0.15, 0.2) is 36.4 Å².